The quantitative estimate of drug-likeness (QED) is 0.851. The third-order valence-corrected chi connectivity index (χ3v) is 4.78. The van der Waals surface area contributed by atoms with E-state index < -0.39 is 0 Å². The van der Waals surface area contributed by atoms with Crippen molar-refractivity contribution in [3.05, 3.63) is 57.6 Å². The molecular formula is C17H21BrN2O. The molecule has 4 heteroatoms. The Morgan fingerprint density at radius 2 is 1.81 bits per heavy atom. The predicted octanol–water partition coefficient (Wildman–Crippen LogP) is 4.19. The van der Waals surface area contributed by atoms with Gasteiger partial charge in [-0.05, 0) is 43.2 Å². The smallest absolute Gasteiger partial charge is 0.124 e. The number of methoxy groups -OCH3 is 1. The van der Waals surface area contributed by atoms with Gasteiger partial charge in [-0.2, -0.15) is 0 Å². The third kappa shape index (κ3) is 3.57. The summed E-state index contributed by atoms with van der Waals surface area (Å²) in [5.74, 6) is 0.853. The molecule has 0 aliphatic carbocycles. The zero-order valence-electron chi connectivity index (χ0n) is 12.6. The fraction of sp³-hybridized carbons (Fsp3) is 0.294. The van der Waals surface area contributed by atoms with E-state index in [1.807, 2.05) is 24.3 Å². The minimum Gasteiger partial charge on any atom is -0.496 e. The van der Waals surface area contributed by atoms with Gasteiger partial charge >= 0.3 is 0 Å². The Bertz CT molecular complexity index is 605. The lowest BCUT2D eigenvalue weighted by Crippen LogP contribution is -2.21. The van der Waals surface area contributed by atoms with Crippen LogP contribution in [0, 0.1) is 13.8 Å². The number of ether oxygens (including phenoxy) is 1. The maximum atomic E-state index is 5.95. The Kier molecular flexibility index (Phi) is 5.26. The molecule has 1 unspecified atom stereocenters. The summed E-state index contributed by atoms with van der Waals surface area (Å²) >= 11 is 3.59. The normalized spacial score (nSPS) is 12.0. The van der Waals surface area contributed by atoms with Gasteiger partial charge in [0.25, 0.3) is 0 Å². The van der Waals surface area contributed by atoms with E-state index in [2.05, 4.69) is 47.2 Å². The Morgan fingerprint density at radius 3 is 2.38 bits per heavy atom. The second kappa shape index (κ2) is 6.96. The molecule has 0 spiro atoms. The summed E-state index contributed by atoms with van der Waals surface area (Å²) in [6, 6.07) is 12.2. The van der Waals surface area contributed by atoms with Crippen LogP contribution in [0.4, 0.5) is 5.69 Å². The van der Waals surface area contributed by atoms with Crippen LogP contribution in [0.15, 0.2) is 40.9 Å². The molecule has 0 saturated heterocycles. The highest BCUT2D eigenvalue weighted by Crippen LogP contribution is 2.30. The molecule has 0 aliphatic heterocycles. The highest BCUT2D eigenvalue weighted by atomic mass is 79.9. The van der Waals surface area contributed by atoms with Crippen molar-refractivity contribution in [3.63, 3.8) is 0 Å². The molecule has 0 saturated carbocycles. The molecule has 0 heterocycles. The number of para-hydroxylation sites is 1. The molecule has 21 heavy (non-hydrogen) atoms. The average molecular weight is 349 g/mol. The first-order chi connectivity index (χ1) is 10.1. The van der Waals surface area contributed by atoms with Crippen LogP contribution in [0.5, 0.6) is 5.75 Å². The number of hydrogen-bond acceptors (Lipinski definition) is 3. The van der Waals surface area contributed by atoms with Crippen LogP contribution in [-0.4, -0.2) is 13.7 Å². The second-order valence-corrected chi connectivity index (χ2v) is 5.89. The van der Waals surface area contributed by atoms with E-state index >= 15 is 0 Å². The van der Waals surface area contributed by atoms with Gasteiger partial charge in [0.1, 0.15) is 5.75 Å². The van der Waals surface area contributed by atoms with Gasteiger partial charge in [0.15, 0.2) is 0 Å². The van der Waals surface area contributed by atoms with Crippen LogP contribution in [0.1, 0.15) is 22.7 Å². The molecule has 2 aromatic rings. The third-order valence-electron chi connectivity index (χ3n) is 3.53. The van der Waals surface area contributed by atoms with Gasteiger partial charge in [-0.25, -0.2) is 0 Å². The van der Waals surface area contributed by atoms with Crippen molar-refractivity contribution >= 4 is 21.6 Å². The lowest BCUT2D eigenvalue weighted by molar-refractivity contribution is 0.407. The number of nitrogens with two attached hydrogens (primary N) is 1. The number of aryl methyl sites for hydroxylation is 2. The number of anilines is 1. The number of nitrogens with one attached hydrogen (secondary N) is 1. The zero-order valence-corrected chi connectivity index (χ0v) is 14.2. The maximum absolute atomic E-state index is 5.95. The minimum absolute atomic E-state index is 0.0149. The number of hydrogen-bond donors (Lipinski definition) is 2. The first-order valence-electron chi connectivity index (χ1n) is 6.93. The molecule has 3 nitrogen and oxygen atoms in total. The van der Waals surface area contributed by atoms with E-state index in [1.165, 1.54) is 11.1 Å². The molecule has 1 atom stereocenters. The van der Waals surface area contributed by atoms with E-state index in [-0.39, 0.29) is 6.04 Å². The molecule has 3 N–H and O–H groups in total. The van der Waals surface area contributed by atoms with Crippen LogP contribution >= 0.6 is 15.9 Å². The fourth-order valence-corrected chi connectivity index (χ4v) is 2.68. The standard InChI is InChI=1S/C17H21BrN2O/c1-11-8-13(9-12(2)17(11)18)20-15(10-19)14-6-4-5-7-16(14)21-3/h4-9,15,20H,10,19H2,1-3H3. The fourth-order valence-electron chi connectivity index (χ4n) is 2.45. The van der Waals surface area contributed by atoms with Crippen LogP contribution in [0.3, 0.4) is 0 Å². The lowest BCUT2D eigenvalue weighted by Gasteiger charge is -2.21. The average Bonchev–Trinajstić information content (AvgIpc) is 2.50. The van der Waals surface area contributed by atoms with Crippen molar-refractivity contribution < 1.29 is 4.74 Å². The van der Waals surface area contributed by atoms with Crippen molar-refractivity contribution in [2.24, 2.45) is 5.73 Å². The van der Waals surface area contributed by atoms with Gasteiger partial charge in [-0.1, -0.05) is 34.1 Å². The molecular weight excluding hydrogens is 328 g/mol. The Balaban J connectivity index is 2.31. The van der Waals surface area contributed by atoms with Crippen LogP contribution in [-0.2, 0) is 0 Å². The van der Waals surface area contributed by atoms with Gasteiger partial charge in [0, 0.05) is 22.3 Å². The Hall–Kier alpha value is -1.52. The summed E-state index contributed by atoms with van der Waals surface area (Å²) < 4.78 is 6.58. The molecule has 2 aromatic carbocycles. The van der Waals surface area contributed by atoms with Crippen LogP contribution in [0.25, 0.3) is 0 Å². The Morgan fingerprint density at radius 1 is 1.19 bits per heavy atom. The van der Waals surface area contributed by atoms with Gasteiger partial charge in [0.05, 0.1) is 13.2 Å². The highest BCUT2D eigenvalue weighted by Gasteiger charge is 2.14. The van der Waals surface area contributed by atoms with Crippen molar-refractivity contribution in [2.75, 3.05) is 19.0 Å². The SMILES string of the molecule is COc1ccccc1C(CN)Nc1cc(C)c(Br)c(C)c1. The molecule has 0 amide bonds. The van der Waals surface area contributed by atoms with Gasteiger partial charge < -0.3 is 15.8 Å². The van der Waals surface area contributed by atoms with Crippen molar-refractivity contribution in [1.29, 1.82) is 0 Å². The number of benzene rings is 2. The molecule has 0 radical (unpaired) electrons. The summed E-state index contributed by atoms with van der Waals surface area (Å²) in [5.41, 5.74) is 10.5. The number of rotatable bonds is 5. The van der Waals surface area contributed by atoms with E-state index in [9.17, 15) is 0 Å². The molecule has 0 aromatic heterocycles. The van der Waals surface area contributed by atoms with E-state index in [1.54, 1.807) is 7.11 Å². The maximum Gasteiger partial charge on any atom is 0.124 e. The van der Waals surface area contributed by atoms with E-state index in [0.29, 0.717) is 6.54 Å². The largest absolute Gasteiger partial charge is 0.496 e. The molecule has 112 valence electrons. The first kappa shape index (κ1) is 15.9. The van der Waals surface area contributed by atoms with Crippen LogP contribution in [0.2, 0.25) is 0 Å². The summed E-state index contributed by atoms with van der Waals surface area (Å²) in [7, 11) is 1.68. The minimum atomic E-state index is 0.0149. The van der Waals surface area contributed by atoms with Crippen molar-refractivity contribution in [2.45, 2.75) is 19.9 Å². The van der Waals surface area contributed by atoms with E-state index in [0.717, 1.165) is 21.5 Å². The van der Waals surface area contributed by atoms with Gasteiger partial charge in [0.2, 0.25) is 0 Å². The van der Waals surface area contributed by atoms with E-state index in [4.69, 9.17) is 10.5 Å². The molecule has 0 bridgehead atoms. The summed E-state index contributed by atoms with van der Waals surface area (Å²) in [4.78, 5) is 0. The lowest BCUT2D eigenvalue weighted by atomic mass is 10.0. The summed E-state index contributed by atoms with van der Waals surface area (Å²) in [6.07, 6.45) is 0. The van der Waals surface area contributed by atoms with Crippen LogP contribution < -0.4 is 15.8 Å². The second-order valence-electron chi connectivity index (χ2n) is 5.10. The summed E-state index contributed by atoms with van der Waals surface area (Å²) in [6.45, 7) is 4.67. The highest BCUT2D eigenvalue weighted by molar-refractivity contribution is 9.10. The van der Waals surface area contributed by atoms with Crippen molar-refractivity contribution in [3.8, 4) is 5.75 Å². The monoisotopic (exact) mass is 348 g/mol. The molecule has 0 aliphatic rings. The topological polar surface area (TPSA) is 47.3 Å². The van der Waals surface area contributed by atoms with Crippen molar-refractivity contribution in [1.82, 2.24) is 0 Å². The molecule has 2 rings (SSSR count). The number of halogens is 1. The van der Waals surface area contributed by atoms with Gasteiger partial charge in [-0.3, -0.25) is 0 Å². The van der Waals surface area contributed by atoms with Gasteiger partial charge in [-0.15, -0.1) is 0 Å². The Labute approximate surface area is 134 Å². The summed E-state index contributed by atoms with van der Waals surface area (Å²) in [5, 5.41) is 3.50. The first-order valence-corrected chi connectivity index (χ1v) is 7.72. The zero-order chi connectivity index (χ0) is 15.4. The molecule has 0 fully saturated rings. The predicted molar refractivity (Wildman–Crippen MR) is 92.0 cm³/mol.